The molecular weight excluding hydrogens is 279 g/mol. The lowest BCUT2D eigenvalue weighted by atomic mass is 9.94. The molecule has 0 bridgehead atoms. The van der Waals surface area contributed by atoms with Crippen molar-refractivity contribution in [2.75, 3.05) is 7.05 Å². The quantitative estimate of drug-likeness (QED) is 0.879. The van der Waals surface area contributed by atoms with Crippen molar-refractivity contribution in [1.82, 2.24) is 4.90 Å². The lowest BCUT2D eigenvalue weighted by molar-refractivity contribution is -0.137. The molecule has 120 valence electrons. The fraction of sp³-hybridized carbons (Fsp3) is 0.625. The van der Waals surface area contributed by atoms with Gasteiger partial charge in [0, 0.05) is 11.6 Å². The highest BCUT2D eigenvalue weighted by Crippen LogP contribution is 2.31. The van der Waals surface area contributed by atoms with Crippen LogP contribution in [-0.2, 0) is 6.18 Å². The number of alkyl halides is 3. The molecule has 0 radical (unpaired) electrons. The number of nitrogens with zero attached hydrogens (tertiary/aromatic N) is 1. The van der Waals surface area contributed by atoms with E-state index in [9.17, 15) is 18.3 Å². The van der Waals surface area contributed by atoms with E-state index < -0.39 is 17.8 Å². The van der Waals surface area contributed by atoms with E-state index >= 15 is 0 Å². The highest BCUT2D eigenvalue weighted by Gasteiger charge is 2.32. The maximum atomic E-state index is 12.5. The summed E-state index contributed by atoms with van der Waals surface area (Å²) < 4.78 is 37.6. The minimum Gasteiger partial charge on any atom is -0.387 e. The van der Waals surface area contributed by atoms with Crippen LogP contribution in [0, 0.1) is 0 Å². The van der Waals surface area contributed by atoms with E-state index in [1.807, 2.05) is 14.0 Å². The van der Waals surface area contributed by atoms with Crippen LogP contribution in [0.3, 0.4) is 0 Å². The largest absolute Gasteiger partial charge is 0.416 e. The highest BCUT2D eigenvalue weighted by molar-refractivity contribution is 5.26. The van der Waals surface area contributed by atoms with Gasteiger partial charge in [-0.05, 0) is 51.9 Å². The van der Waals surface area contributed by atoms with Gasteiger partial charge in [0.2, 0.25) is 0 Å². The second kappa shape index (κ2) is 6.36. The van der Waals surface area contributed by atoms with E-state index in [4.69, 9.17) is 0 Å². The van der Waals surface area contributed by atoms with E-state index in [1.165, 1.54) is 12.1 Å². The zero-order chi connectivity index (χ0) is 16.4. The summed E-state index contributed by atoms with van der Waals surface area (Å²) in [6.45, 7) is 8.08. The summed E-state index contributed by atoms with van der Waals surface area (Å²) in [5.41, 5.74) is -0.297. The van der Waals surface area contributed by atoms with Crippen LogP contribution in [-0.4, -0.2) is 28.6 Å². The molecule has 5 heteroatoms. The Bertz CT molecular complexity index is 454. The maximum absolute atomic E-state index is 12.5. The predicted octanol–water partition coefficient (Wildman–Crippen LogP) is 4.25. The molecular formula is C16H24F3NO. The summed E-state index contributed by atoms with van der Waals surface area (Å²) in [5, 5.41) is 10.4. The number of aliphatic hydroxyl groups excluding tert-OH is 1. The zero-order valence-electron chi connectivity index (χ0n) is 13.2. The van der Waals surface area contributed by atoms with E-state index in [-0.39, 0.29) is 11.6 Å². The molecule has 1 aromatic rings. The van der Waals surface area contributed by atoms with Crippen LogP contribution in [0.25, 0.3) is 0 Å². The second-order valence-electron chi connectivity index (χ2n) is 6.08. The third kappa shape index (κ3) is 4.20. The molecule has 0 aromatic heterocycles. The SMILES string of the molecule is CCC(C)(C)N(C)[C@@H](C)[C@@H](O)c1ccc(C(F)(F)F)cc1. The summed E-state index contributed by atoms with van der Waals surface area (Å²) in [7, 11) is 1.92. The first-order valence-electron chi connectivity index (χ1n) is 7.09. The van der Waals surface area contributed by atoms with Gasteiger partial charge in [-0.25, -0.2) is 0 Å². The van der Waals surface area contributed by atoms with Crippen LogP contribution < -0.4 is 0 Å². The molecule has 0 spiro atoms. The summed E-state index contributed by atoms with van der Waals surface area (Å²) in [6, 6.07) is 4.51. The smallest absolute Gasteiger partial charge is 0.387 e. The molecule has 0 aliphatic rings. The minimum absolute atomic E-state index is 0.0910. The van der Waals surface area contributed by atoms with Crippen molar-refractivity contribution in [3.8, 4) is 0 Å². The Labute approximate surface area is 124 Å². The molecule has 0 aliphatic heterocycles. The first-order valence-corrected chi connectivity index (χ1v) is 7.09. The van der Waals surface area contributed by atoms with Crippen molar-refractivity contribution in [3.05, 3.63) is 35.4 Å². The molecule has 0 heterocycles. The van der Waals surface area contributed by atoms with Gasteiger partial charge in [-0.1, -0.05) is 19.1 Å². The molecule has 0 fully saturated rings. The number of hydrogen-bond acceptors (Lipinski definition) is 2. The Hall–Kier alpha value is -1.07. The highest BCUT2D eigenvalue weighted by atomic mass is 19.4. The Morgan fingerprint density at radius 3 is 2.00 bits per heavy atom. The van der Waals surface area contributed by atoms with E-state index in [2.05, 4.69) is 25.7 Å². The minimum atomic E-state index is -4.35. The molecule has 0 amide bonds. The van der Waals surface area contributed by atoms with Crippen LogP contribution in [0.4, 0.5) is 13.2 Å². The standard InChI is InChI=1S/C16H24F3NO/c1-6-15(3,4)20(5)11(2)14(21)12-7-9-13(10-8-12)16(17,18)19/h7-11,14,21H,6H2,1-5H3/t11-,14+/m0/s1. The number of aliphatic hydroxyl groups is 1. The van der Waals surface area contributed by atoms with Gasteiger partial charge >= 0.3 is 6.18 Å². The summed E-state index contributed by atoms with van der Waals surface area (Å²) in [4.78, 5) is 2.05. The molecule has 0 saturated heterocycles. The molecule has 2 atom stereocenters. The zero-order valence-corrected chi connectivity index (χ0v) is 13.2. The van der Waals surface area contributed by atoms with E-state index in [0.717, 1.165) is 18.6 Å². The van der Waals surface area contributed by atoms with Crippen LogP contribution in [0.1, 0.15) is 51.3 Å². The Kier molecular flexibility index (Phi) is 5.45. The van der Waals surface area contributed by atoms with Gasteiger partial charge in [-0.3, -0.25) is 4.90 Å². The number of likely N-dealkylation sites (N-methyl/N-ethyl adjacent to an activating group) is 1. The van der Waals surface area contributed by atoms with Gasteiger partial charge in [-0.15, -0.1) is 0 Å². The van der Waals surface area contributed by atoms with Crippen LogP contribution >= 0.6 is 0 Å². The predicted molar refractivity (Wildman–Crippen MR) is 78.0 cm³/mol. The van der Waals surface area contributed by atoms with Crippen molar-refractivity contribution in [2.45, 2.75) is 58.0 Å². The molecule has 1 N–H and O–H groups in total. The lowest BCUT2D eigenvalue weighted by Gasteiger charge is -2.41. The van der Waals surface area contributed by atoms with Gasteiger partial charge in [0.15, 0.2) is 0 Å². The molecule has 21 heavy (non-hydrogen) atoms. The van der Waals surface area contributed by atoms with Crippen molar-refractivity contribution < 1.29 is 18.3 Å². The van der Waals surface area contributed by atoms with Crippen molar-refractivity contribution >= 4 is 0 Å². The summed E-state index contributed by atoms with van der Waals surface area (Å²) in [6.07, 6.45) is -4.27. The normalized spacial score (nSPS) is 16.1. The monoisotopic (exact) mass is 303 g/mol. The van der Waals surface area contributed by atoms with Gasteiger partial charge in [0.1, 0.15) is 0 Å². The average molecular weight is 303 g/mol. The Morgan fingerprint density at radius 1 is 1.14 bits per heavy atom. The van der Waals surface area contributed by atoms with Crippen LogP contribution in [0.2, 0.25) is 0 Å². The van der Waals surface area contributed by atoms with Crippen molar-refractivity contribution in [3.63, 3.8) is 0 Å². The number of halogens is 3. The Morgan fingerprint density at radius 2 is 1.62 bits per heavy atom. The average Bonchev–Trinajstić information content (AvgIpc) is 2.44. The Balaban J connectivity index is 2.91. The fourth-order valence-electron chi connectivity index (χ4n) is 2.16. The second-order valence-corrected chi connectivity index (χ2v) is 6.08. The topological polar surface area (TPSA) is 23.5 Å². The first-order chi connectivity index (χ1) is 9.50. The van der Waals surface area contributed by atoms with Crippen molar-refractivity contribution in [2.24, 2.45) is 0 Å². The van der Waals surface area contributed by atoms with Gasteiger partial charge in [-0.2, -0.15) is 13.2 Å². The van der Waals surface area contributed by atoms with Crippen LogP contribution in [0.5, 0.6) is 0 Å². The van der Waals surface area contributed by atoms with Gasteiger partial charge in [0.25, 0.3) is 0 Å². The van der Waals surface area contributed by atoms with Gasteiger partial charge < -0.3 is 5.11 Å². The van der Waals surface area contributed by atoms with Crippen LogP contribution in [0.15, 0.2) is 24.3 Å². The van der Waals surface area contributed by atoms with Gasteiger partial charge in [0.05, 0.1) is 11.7 Å². The molecule has 2 nitrogen and oxygen atoms in total. The lowest BCUT2D eigenvalue weighted by Crippen LogP contribution is -2.48. The molecule has 1 aromatic carbocycles. The number of rotatable bonds is 5. The maximum Gasteiger partial charge on any atom is 0.416 e. The molecule has 0 aliphatic carbocycles. The summed E-state index contributed by atoms with van der Waals surface area (Å²) >= 11 is 0. The third-order valence-electron chi connectivity index (χ3n) is 4.47. The fourth-order valence-corrected chi connectivity index (χ4v) is 2.16. The van der Waals surface area contributed by atoms with E-state index in [1.54, 1.807) is 0 Å². The molecule has 0 unspecified atom stereocenters. The third-order valence-corrected chi connectivity index (χ3v) is 4.47. The first kappa shape index (κ1) is 18.0. The van der Waals surface area contributed by atoms with E-state index in [0.29, 0.717) is 5.56 Å². The summed E-state index contributed by atoms with van der Waals surface area (Å²) in [5.74, 6) is 0. The molecule has 0 saturated carbocycles. The van der Waals surface area contributed by atoms with Crippen molar-refractivity contribution in [1.29, 1.82) is 0 Å². The molecule has 1 rings (SSSR count). The number of benzene rings is 1. The number of hydrogen-bond donors (Lipinski definition) is 1.